The summed E-state index contributed by atoms with van der Waals surface area (Å²) in [4.78, 5) is 83.5. The normalized spacial score (nSPS) is 25.7. The van der Waals surface area contributed by atoms with Crippen LogP contribution in [0.2, 0.25) is 0 Å². The highest BCUT2D eigenvalue weighted by molar-refractivity contribution is 6.37. The molecule has 0 spiro atoms. The number of benzene rings is 1. The second-order valence-corrected chi connectivity index (χ2v) is 15.6. The van der Waals surface area contributed by atoms with Crippen LogP contribution in [0, 0.1) is 23.2 Å². The number of Topliss-reactive ketones (excluding diaryl/α,β-unsaturated/α-hetero) is 1. The molecule has 6 unspecified atom stereocenters. The van der Waals surface area contributed by atoms with Gasteiger partial charge in [-0.05, 0) is 74.8 Å². The number of ether oxygens (including phenoxy) is 1. The maximum absolute atomic E-state index is 14.6. The summed E-state index contributed by atoms with van der Waals surface area (Å²) in [6, 6.07) is 3.55. The fourth-order valence-electron chi connectivity index (χ4n) is 8.21. The molecule has 2 heterocycles. The number of amides is 5. The van der Waals surface area contributed by atoms with E-state index < -0.39 is 59.4 Å². The van der Waals surface area contributed by atoms with Crippen LogP contribution in [-0.2, 0) is 35.1 Å². The van der Waals surface area contributed by atoms with E-state index in [2.05, 4.69) is 24.5 Å². The van der Waals surface area contributed by atoms with Gasteiger partial charge in [-0.3, -0.25) is 28.9 Å². The molecule has 2 saturated carbocycles. The van der Waals surface area contributed by atoms with Gasteiger partial charge in [0.25, 0.3) is 5.91 Å². The van der Waals surface area contributed by atoms with E-state index in [1.807, 2.05) is 19.1 Å². The smallest absolute Gasteiger partial charge is 0.415 e. The molecule has 4 N–H and O–H groups in total. The third kappa shape index (κ3) is 6.94. The molecule has 0 bridgehead atoms. The summed E-state index contributed by atoms with van der Waals surface area (Å²) in [7, 11) is 0. The maximum atomic E-state index is 14.6. The summed E-state index contributed by atoms with van der Waals surface area (Å²) >= 11 is 0. The second kappa shape index (κ2) is 13.5. The van der Waals surface area contributed by atoms with Gasteiger partial charge < -0.3 is 26.0 Å². The number of para-hydroxylation sites is 1. The number of hydrogen-bond acceptors (Lipinski definition) is 7. The lowest BCUT2D eigenvalue weighted by Gasteiger charge is -2.38. The summed E-state index contributed by atoms with van der Waals surface area (Å²) in [6.07, 6.45) is 4.76. The number of piperidine rings is 1. The molecule has 1 aromatic rings. The molecule has 12 nitrogen and oxygen atoms in total. The van der Waals surface area contributed by atoms with Crippen LogP contribution in [0.3, 0.4) is 0 Å². The molecular weight excluding hydrogens is 614 g/mol. The van der Waals surface area contributed by atoms with Crippen LogP contribution in [0.15, 0.2) is 24.3 Å². The van der Waals surface area contributed by atoms with E-state index in [-0.39, 0.29) is 41.9 Å². The number of anilines is 1. The Morgan fingerprint density at radius 1 is 1.00 bits per heavy atom. The van der Waals surface area contributed by atoms with Crippen molar-refractivity contribution in [2.45, 2.75) is 123 Å². The number of ketones is 1. The van der Waals surface area contributed by atoms with Crippen molar-refractivity contribution in [3.05, 3.63) is 29.8 Å². The van der Waals surface area contributed by atoms with Crippen molar-refractivity contribution in [1.82, 2.24) is 15.5 Å². The van der Waals surface area contributed by atoms with E-state index in [4.69, 9.17) is 10.5 Å². The minimum atomic E-state index is -1.12. The fraction of sp³-hybridized carbons (Fsp3) is 0.667. The molecule has 12 heteroatoms. The van der Waals surface area contributed by atoms with Crippen LogP contribution in [0.4, 0.5) is 10.5 Å². The van der Waals surface area contributed by atoms with Gasteiger partial charge >= 0.3 is 6.09 Å². The Kier molecular flexibility index (Phi) is 9.95. The van der Waals surface area contributed by atoms with Gasteiger partial charge in [0.15, 0.2) is 0 Å². The van der Waals surface area contributed by atoms with Crippen molar-refractivity contribution in [3.8, 4) is 0 Å². The van der Waals surface area contributed by atoms with Gasteiger partial charge in [-0.2, -0.15) is 0 Å². The molecule has 1 aromatic carbocycles. The number of hydrogen-bond donors (Lipinski definition) is 3. The monoisotopic (exact) mass is 665 g/mol. The molecule has 262 valence electrons. The first-order chi connectivity index (χ1) is 22.6. The Hall–Kier alpha value is -3.96. The molecule has 4 aliphatic rings. The standard InChI is InChI=1S/C36H51N5O7/c1-7-13-23(29(42)30(37)43)38-32(45)28-26-22(36(26,5)6)19-40(28)33(46)27(20-14-9-8-10-15-20)39-31(44)25-18-21-16-11-12-17-24(21)41(25)34(47)48-35(2,3)4/h11-12,16-17,20,22-23,25-28H,7-10,13-15,18-19H2,1-6H3,(H2,37,43)(H,38,45)(H,39,44). The van der Waals surface area contributed by atoms with Crippen LogP contribution in [-0.4, -0.2) is 76.7 Å². The Bertz CT molecular complexity index is 1460. The first kappa shape index (κ1) is 35.3. The quantitative estimate of drug-likeness (QED) is 0.323. The summed E-state index contributed by atoms with van der Waals surface area (Å²) < 4.78 is 5.70. The molecule has 1 saturated heterocycles. The highest BCUT2D eigenvalue weighted by Crippen LogP contribution is 2.65. The minimum Gasteiger partial charge on any atom is -0.443 e. The summed E-state index contributed by atoms with van der Waals surface area (Å²) in [6.45, 7) is 11.6. The summed E-state index contributed by atoms with van der Waals surface area (Å²) in [5.41, 5.74) is 5.73. The van der Waals surface area contributed by atoms with Crippen molar-refractivity contribution in [1.29, 1.82) is 0 Å². The third-order valence-corrected chi connectivity index (χ3v) is 10.8. The topological polar surface area (TPSA) is 168 Å². The first-order valence-corrected chi connectivity index (χ1v) is 17.4. The molecule has 6 atom stereocenters. The Morgan fingerprint density at radius 2 is 1.67 bits per heavy atom. The van der Waals surface area contributed by atoms with E-state index in [1.165, 1.54) is 4.90 Å². The SMILES string of the molecule is CCCC(NC(=O)C1C2C(CN1C(=O)C(NC(=O)C1Cc3ccccc3N1C(=O)OC(C)(C)C)C1CCCCC1)C2(C)C)C(=O)C(N)=O. The molecular formula is C36H51N5O7. The number of carbonyl (C=O) groups excluding carboxylic acids is 6. The molecule has 3 fully saturated rings. The zero-order valence-electron chi connectivity index (χ0n) is 29.0. The van der Waals surface area contributed by atoms with E-state index in [9.17, 15) is 28.8 Å². The van der Waals surface area contributed by atoms with Crippen LogP contribution >= 0.6 is 0 Å². The van der Waals surface area contributed by atoms with E-state index in [1.54, 1.807) is 37.8 Å². The second-order valence-electron chi connectivity index (χ2n) is 15.6. The average molecular weight is 666 g/mol. The van der Waals surface area contributed by atoms with Gasteiger partial charge in [0, 0.05) is 13.0 Å². The highest BCUT2D eigenvalue weighted by Gasteiger charge is 2.69. The Labute approximate surface area is 282 Å². The van der Waals surface area contributed by atoms with Gasteiger partial charge in [0.05, 0.1) is 11.7 Å². The highest BCUT2D eigenvalue weighted by atomic mass is 16.6. The van der Waals surface area contributed by atoms with Crippen molar-refractivity contribution in [2.75, 3.05) is 11.4 Å². The number of fused-ring (bicyclic) bond motifs is 2. The zero-order chi connectivity index (χ0) is 35.1. The summed E-state index contributed by atoms with van der Waals surface area (Å²) in [5.74, 6) is -3.49. The van der Waals surface area contributed by atoms with Gasteiger partial charge in [0.1, 0.15) is 23.7 Å². The number of primary amides is 1. The van der Waals surface area contributed by atoms with Crippen LogP contribution < -0.4 is 21.3 Å². The van der Waals surface area contributed by atoms with Crippen LogP contribution in [0.5, 0.6) is 0 Å². The number of nitrogens with zero attached hydrogens (tertiary/aromatic N) is 2. The van der Waals surface area contributed by atoms with Crippen molar-refractivity contribution in [3.63, 3.8) is 0 Å². The predicted octanol–water partition coefficient (Wildman–Crippen LogP) is 3.24. The number of carbonyl (C=O) groups is 6. The van der Waals surface area contributed by atoms with E-state index in [0.717, 1.165) is 37.7 Å². The van der Waals surface area contributed by atoms with Gasteiger partial charge in [-0.1, -0.05) is 64.7 Å². The largest absolute Gasteiger partial charge is 0.443 e. The van der Waals surface area contributed by atoms with Crippen molar-refractivity contribution in [2.24, 2.45) is 28.9 Å². The minimum absolute atomic E-state index is 0.0726. The average Bonchev–Trinajstić information content (AvgIpc) is 3.37. The lowest BCUT2D eigenvalue weighted by molar-refractivity contribution is -0.146. The predicted molar refractivity (Wildman–Crippen MR) is 178 cm³/mol. The number of likely N-dealkylation sites (tertiary alicyclic amines) is 1. The van der Waals surface area contributed by atoms with Gasteiger partial charge in [0.2, 0.25) is 23.5 Å². The Morgan fingerprint density at radius 3 is 2.29 bits per heavy atom. The fourth-order valence-corrected chi connectivity index (χ4v) is 8.21. The lowest BCUT2D eigenvalue weighted by Crippen LogP contribution is -2.61. The molecule has 48 heavy (non-hydrogen) atoms. The van der Waals surface area contributed by atoms with Crippen molar-refractivity contribution >= 4 is 41.2 Å². The number of nitrogens with two attached hydrogens (primary N) is 1. The van der Waals surface area contributed by atoms with E-state index >= 15 is 0 Å². The zero-order valence-corrected chi connectivity index (χ0v) is 29.0. The maximum Gasteiger partial charge on any atom is 0.415 e. The van der Waals surface area contributed by atoms with Crippen LogP contribution in [0.25, 0.3) is 0 Å². The van der Waals surface area contributed by atoms with E-state index in [0.29, 0.717) is 18.7 Å². The van der Waals surface area contributed by atoms with Crippen molar-refractivity contribution < 1.29 is 33.5 Å². The Balaban J connectivity index is 1.42. The van der Waals surface area contributed by atoms with Gasteiger partial charge in [-0.15, -0.1) is 0 Å². The van der Waals surface area contributed by atoms with Crippen LogP contribution in [0.1, 0.15) is 92.1 Å². The molecule has 0 aromatic heterocycles. The molecule has 2 aliphatic carbocycles. The first-order valence-electron chi connectivity index (χ1n) is 17.4. The lowest BCUT2D eigenvalue weighted by atomic mass is 9.82. The number of nitrogens with one attached hydrogen (secondary N) is 2. The molecule has 5 rings (SSSR count). The van der Waals surface area contributed by atoms with Gasteiger partial charge in [-0.25, -0.2) is 4.79 Å². The molecule has 5 amide bonds. The third-order valence-electron chi connectivity index (χ3n) is 10.8. The molecule has 0 radical (unpaired) electrons. The number of rotatable bonds is 10. The summed E-state index contributed by atoms with van der Waals surface area (Å²) in [5, 5.41) is 5.81. The molecule has 2 aliphatic heterocycles.